The monoisotopic (exact) mass is 456 g/mol. The van der Waals surface area contributed by atoms with Gasteiger partial charge >= 0.3 is 0 Å². The molecule has 0 saturated heterocycles. The van der Waals surface area contributed by atoms with Crippen LogP contribution >= 0.6 is 24.8 Å². The van der Waals surface area contributed by atoms with Crippen LogP contribution in [0.2, 0.25) is 0 Å². The first-order valence-corrected chi connectivity index (χ1v) is 8.87. The Labute approximate surface area is 185 Å². The number of methoxy groups -OCH3 is 1. The van der Waals surface area contributed by atoms with Crippen molar-refractivity contribution in [2.45, 2.75) is 19.9 Å². The number of nitrogens with two attached hydrogens (primary N) is 1. The summed E-state index contributed by atoms with van der Waals surface area (Å²) in [5.41, 5.74) is 5.94. The van der Waals surface area contributed by atoms with E-state index in [0.717, 1.165) is 6.42 Å². The Morgan fingerprint density at radius 2 is 1.80 bits per heavy atom. The Bertz CT molecular complexity index is 1090. The van der Waals surface area contributed by atoms with Gasteiger partial charge in [-0.05, 0) is 36.2 Å². The lowest BCUT2D eigenvalue weighted by Crippen LogP contribution is -2.22. The van der Waals surface area contributed by atoms with Gasteiger partial charge in [0.1, 0.15) is 23.9 Å². The predicted molar refractivity (Wildman–Crippen MR) is 120 cm³/mol. The van der Waals surface area contributed by atoms with Crippen molar-refractivity contribution in [3.8, 4) is 22.6 Å². The van der Waals surface area contributed by atoms with E-state index in [-0.39, 0.29) is 47.8 Å². The van der Waals surface area contributed by atoms with Crippen molar-refractivity contribution in [2.24, 2.45) is 5.73 Å². The highest BCUT2D eigenvalue weighted by atomic mass is 35.5. The summed E-state index contributed by atoms with van der Waals surface area (Å²) >= 11 is 0. The maximum atomic E-state index is 14.7. The van der Waals surface area contributed by atoms with Gasteiger partial charge < -0.3 is 19.8 Å². The number of fused-ring (bicyclic) bond motifs is 1. The quantitative estimate of drug-likeness (QED) is 0.583. The summed E-state index contributed by atoms with van der Waals surface area (Å²) < 4.78 is 27.0. The summed E-state index contributed by atoms with van der Waals surface area (Å²) in [6.45, 7) is 2.11. The van der Waals surface area contributed by atoms with Crippen molar-refractivity contribution < 1.29 is 18.7 Å². The lowest BCUT2D eigenvalue weighted by Gasteiger charge is -2.16. The number of hydrogen-bond acceptors (Lipinski definition) is 4. The normalized spacial score (nSPS) is 10.1. The van der Waals surface area contributed by atoms with E-state index in [1.165, 1.54) is 30.0 Å². The first-order chi connectivity index (χ1) is 13.5. The molecule has 0 aliphatic heterocycles. The zero-order valence-electron chi connectivity index (χ0n) is 16.5. The molecule has 0 aliphatic carbocycles. The SMILES string of the molecule is CCCOc1ccc(F)c2c(=O)c(-c3ccc(OC)cc3)cn(CC(N)=O)c12.Cl.Cl. The molecule has 2 aromatic carbocycles. The van der Waals surface area contributed by atoms with Crippen molar-refractivity contribution in [2.75, 3.05) is 13.7 Å². The highest BCUT2D eigenvalue weighted by Gasteiger charge is 2.19. The zero-order chi connectivity index (χ0) is 20.3. The van der Waals surface area contributed by atoms with Gasteiger partial charge in [-0.1, -0.05) is 19.1 Å². The number of benzene rings is 2. The summed E-state index contributed by atoms with van der Waals surface area (Å²) in [5, 5.41) is -0.136. The van der Waals surface area contributed by atoms with Crippen molar-refractivity contribution in [3.05, 3.63) is 58.6 Å². The van der Waals surface area contributed by atoms with E-state index in [1.807, 2.05) is 6.92 Å². The molecule has 0 radical (unpaired) electrons. The number of carbonyl (C=O) groups is 1. The fourth-order valence-corrected chi connectivity index (χ4v) is 3.06. The molecule has 0 aliphatic rings. The second kappa shape index (κ2) is 10.8. The number of amides is 1. The van der Waals surface area contributed by atoms with Gasteiger partial charge in [0.2, 0.25) is 5.91 Å². The fourth-order valence-electron chi connectivity index (χ4n) is 3.06. The number of hydrogen-bond donors (Lipinski definition) is 1. The van der Waals surface area contributed by atoms with Gasteiger partial charge in [-0.15, -0.1) is 24.8 Å². The molecule has 3 rings (SSSR count). The Morgan fingerprint density at radius 1 is 1.13 bits per heavy atom. The van der Waals surface area contributed by atoms with Crippen LogP contribution in [0.3, 0.4) is 0 Å². The molecule has 2 N–H and O–H groups in total. The van der Waals surface area contributed by atoms with Crippen LogP contribution in [0.4, 0.5) is 4.39 Å². The summed E-state index contributed by atoms with van der Waals surface area (Å²) in [7, 11) is 1.54. The maximum absolute atomic E-state index is 14.7. The van der Waals surface area contributed by atoms with Crippen LogP contribution in [-0.2, 0) is 11.3 Å². The highest BCUT2D eigenvalue weighted by Crippen LogP contribution is 2.29. The molecule has 0 bridgehead atoms. The van der Waals surface area contributed by atoms with Crippen LogP contribution in [0.15, 0.2) is 47.4 Å². The van der Waals surface area contributed by atoms with E-state index >= 15 is 0 Å². The average Bonchev–Trinajstić information content (AvgIpc) is 2.69. The Balaban J connectivity index is 0.00000225. The third-order valence-electron chi connectivity index (χ3n) is 4.32. The van der Waals surface area contributed by atoms with E-state index in [9.17, 15) is 14.0 Å². The minimum absolute atomic E-state index is 0. The number of carbonyl (C=O) groups excluding carboxylic acids is 1. The molecular formula is C21H23Cl2FN2O4. The van der Waals surface area contributed by atoms with E-state index < -0.39 is 17.2 Å². The molecule has 162 valence electrons. The minimum atomic E-state index is -0.683. The van der Waals surface area contributed by atoms with Crippen molar-refractivity contribution >= 4 is 41.6 Å². The number of rotatable bonds is 7. The molecule has 0 atom stereocenters. The molecule has 0 unspecified atom stereocenters. The van der Waals surface area contributed by atoms with E-state index in [1.54, 1.807) is 24.3 Å². The summed E-state index contributed by atoms with van der Waals surface area (Å²) in [5.74, 6) is -0.338. The van der Waals surface area contributed by atoms with Crippen LogP contribution in [0.5, 0.6) is 11.5 Å². The number of nitrogens with zero attached hydrogens (tertiary/aromatic N) is 1. The van der Waals surface area contributed by atoms with Gasteiger partial charge in [0, 0.05) is 11.8 Å². The minimum Gasteiger partial charge on any atom is -0.497 e. The van der Waals surface area contributed by atoms with Gasteiger partial charge in [-0.3, -0.25) is 9.59 Å². The first-order valence-electron chi connectivity index (χ1n) is 8.87. The molecule has 1 aromatic heterocycles. The molecule has 30 heavy (non-hydrogen) atoms. The van der Waals surface area contributed by atoms with E-state index in [0.29, 0.717) is 23.7 Å². The Hall–Kier alpha value is -2.77. The van der Waals surface area contributed by atoms with Crippen molar-refractivity contribution in [1.29, 1.82) is 0 Å². The lowest BCUT2D eigenvalue weighted by molar-refractivity contribution is -0.118. The van der Waals surface area contributed by atoms with Gasteiger partial charge in [0.15, 0.2) is 5.43 Å². The van der Waals surface area contributed by atoms with Gasteiger partial charge in [0.05, 0.1) is 24.6 Å². The molecule has 1 amide bonds. The van der Waals surface area contributed by atoms with Crippen LogP contribution in [0, 0.1) is 5.82 Å². The summed E-state index contributed by atoms with van der Waals surface area (Å²) in [6.07, 6.45) is 2.25. The second-order valence-electron chi connectivity index (χ2n) is 6.31. The van der Waals surface area contributed by atoms with Gasteiger partial charge in [0.25, 0.3) is 0 Å². The summed E-state index contributed by atoms with van der Waals surface area (Å²) in [6, 6.07) is 9.46. The standard InChI is InChI=1S/C21H21FN2O4.2ClH/c1-3-10-28-17-9-8-16(22)19-20(17)24(12-18(23)25)11-15(21(19)26)13-4-6-14(27-2)7-5-13;;/h4-9,11H,3,10,12H2,1-2H3,(H2,23,25);2*1H. The van der Waals surface area contributed by atoms with Crippen molar-refractivity contribution in [3.63, 3.8) is 0 Å². The lowest BCUT2D eigenvalue weighted by atomic mass is 10.0. The van der Waals surface area contributed by atoms with Gasteiger partial charge in [-0.25, -0.2) is 4.39 Å². The third-order valence-corrected chi connectivity index (χ3v) is 4.32. The number of halogens is 3. The van der Waals surface area contributed by atoms with E-state index in [2.05, 4.69) is 0 Å². The van der Waals surface area contributed by atoms with Gasteiger partial charge in [-0.2, -0.15) is 0 Å². The molecule has 0 fully saturated rings. The second-order valence-corrected chi connectivity index (χ2v) is 6.31. The largest absolute Gasteiger partial charge is 0.497 e. The maximum Gasteiger partial charge on any atom is 0.237 e. The Kier molecular flexibility index (Phi) is 9.14. The zero-order valence-corrected chi connectivity index (χ0v) is 18.1. The molecule has 3 aromatic rings. The van der Waals surface area contributed by atoms with Crippen LogP contribution in [0.1, 0.15) is 13.3 Å². The van der Waals surface area contributed by atoms with Crippen LogP contribution < -0.4 is 20.6 Å². The smallest absolute Gasteiger partial charge is 0.237 e. The Morgan fingerprint density at radius 3 is 2.37 bits per heavy atom. The molecule has 6 nitrogen and oxygen atoms in total. The van der Waals surface area contributed by atoms with Crippen molar-refractivity contribution in [1.82, 2.24) is 4.57 Å². The molecule has 0 saturated carbocycles. The summed E-state index contributed by atoms with van der Waals surface area (Å²) in [4.78, 5) is 24.7. The third kappa shape index (κ3) is 5.04. The number of ether oxygens (including phenoxy) is 2. The topological polar surface area (TPSA) is 83.6 Å². The first kappa shape index (κ1) is 25.3. The fraction of sp³-hybridized carbons (Fsp3) is 0.238. The number of primary amides is 1. The van der Waals surface area contributed by atoms with Crippen LogP contribution in [-0.4, -0.2) is 24.2 Å². The predicted octanol–water partition coefficient (Wildman–Crippen LogP) is 3.93. The highest BCUT2D eigenvalue weighted by molar-refractivity contribution is 5.90. The molecule has 9 heteroatoms. The molecular weight excluding hydrogens is 434 g/mol. The average molecular weight is 457 g/mol. The van der Waals surface area contributed by atoms with E-state index in [4.69, 9.17) is 15.2 Å². The molecule has 1 heterocycles. The number of aromatic nitrogens is 1. The number of pyridine rings is 1. The molecule has 0 spiro atoms. The van der Waals surface area contributed by atoms with Crippen LogP contribution in [0.25, 0.3) is 22.0 Å².